The van der Waals surface area contributed by atoms with Crippen LogP contribution >= 0.6 is 0 Å². The van der Waals surface area contributed by atoms with E-state index in [0.717, 1.165) is 0 Å². The summed E-state index contributed by atoms with van der Waals surface area (Å²) in [5.74, 6) is 0.135. The average molecular weight is 315 g/mol. The zero-order valence-corrected chi connectivity index (χ0v) is 14.9. The van der Waals surface area contributed by atoms with Crippen LogP contribution in [0.25, 0.3) is 0 Å². The normalized spacial score (nSPS) is 11.5. The van der Waals surface area contributed by atoms with Crippen molar-refractivity contribution < 1.29 is 14.3 Å². The summed E-state index contributed by atoms with van der Waals surface area (Å²) in [6.07, 6.45) is -0.380. The maximum absolute atomic E-state index is 11.8. The van der Waals surface area contributed by atoms with Gasteiger partial charge < -0.3 is 20.7 Å². The van der Waals surface area contributed by atoms with Gasteiger partial charge >= 0.3 is 6.09 Å². The first-order chi connectivity index (χ1) is 10.2. The van der Waals surface area contributed by atoms with E-state index in [9.17, 15) is 9.59 Å². The minimum absolute atomic E-state index is 0.00366. The molecule has 130 valence electrons. The second-order valence-electron chi connectivity index (χ2n) is 6.45. The number of alkyl carbamates (subject to hydrolysis) is 1. The third-order valence-electron chi connectivity index (χ3n) is 3.07. The van der Waals surface area contributed by atoms with Crippen molar-refractivity contribution in [3.05, 3.63) is 0 Å². The van der Waals surface area contributed by atoms with Gasteiger partial charge in [-0.15, -0.1) is 0 Å². The molecule has 0 heterocycles. The van der Waals surface area contributed by atoms with Gasteiger partial charge in [-0.05, 0) is 0 Å². The Hall–Kier alpha value is -1.14. The first kappa shape index (κ1) is 20.9. The summed E-state index contributed by atoms with van der Waals surface area (Å²) in [5, 5.41) is 9.17. The number of rotatable bonds is 11. The first-order valence-electron chi connectivity index (χ1n) is 8.16. The molecule has 1 amide bonds. The number of carbonyl (C=O) groups is 2. The molecule has 0 bridgehead atoms. The van der Waals surface area contributed by atoms with E-state index in [1.54, 1.807) is 0 Å². The minimum Gasteiger partial charge on any atom is -0.444 e. The van der Waals surface area contributed by atoms with E-state index in [2.05, 4.69) is 16.0 Å². The maximum Gasteiger partial charge on any atom is 0.407 e. The molecule has 0 spiro atoms. The highest BCUT2D eigenvalue weighted by Crippen LogP contribution is 1.98. The molecule has 0 aromatic rings. The van der Waals surface area contributed by atoms with Crippen LogP contribution < -0.4 is 16.0 Å². The van der Waals surface area contributed by atoms with Crippen molar-refractivity contribution in [2.75, 3.05) is 19.6 Å². The lowest BCUT2D eigenvalue weighted by atomic mass is 10.1. The highest BCUT2D eigenvalue weighted by molar-refractivity contribution is 5.80. The Morgan fingerprint density at radius 3 is 1.82 bits per heavy atom. The second-order valence-corrected chi connectivity index (χ2v) is 6.45. The van der Waals surface area contributed by atoms with Gasteiger partial charge in [-0.3, -0.25) is 4.79 Å². The van der Waals surface area contributed by atoms with Crippen molar-refractivity contribution in [3.63, 3.8) is 0 Å². The molecule has 0 fully saturated rings. The lowest BCUT2D eigenvalue weighted by molar-refractivity contribution is -0.121. The number of hydrogen-bond donors (Lipinski definition) is 3. The summed E-state index contributed by atoms with van der Waals surface area (Å²) >= 11 is 0. The fraction of sp³-hybridized carbons (Fsp3) is 0.875. The van der Waals surface area contributed by atoms with Crippen LogP contribution in [0.5, 0.6) is 0 Å². The van der Waals surface area contributed by atoms with Crippen molar-refractivity contribution >= 4 is 11.9 Å². The molecular weight excluding hydrogens is 282 g/mol. The Bertz CT molecular complexity index is 319. The molecule has 0 saturated carbocycles. The van der Waals surface area contributed by atoms with Gasteiger partial charge in [0.2, 0.25) is 0 Å². The molecule has 0 radical (unpaired) electrons. The van der Waals surface area contributed by atoms with Crippen molar-refractivity contribution in [2.45, 2.75) is 66.2 Å². The van der Waals surface area contributed by atoms with Crippen molar-refractivity contribution in [1.82, 2.24) is 16.0 Å². The van der Waals surface area contributed by atoms with Crippen LogP contribution in [0, 0.1) is 5.92 Å². The molecule has 0 aromatic heterocycles. The Kier molecular flexibility index (Phi) is 10.8. The summed E-state index contributed by atoms with van der Waals surface area (Å²) < 4.78 is 5.41. The smallest absolute Gasteiger partial charge is 0.407 e. The minimum atomic E-state index is -0.474. The fourth-order valence-corrected chi connectivity index (χ4v) is 1.66. The number of Topliss-reactive ketones (excluding diaryl/α,β-unsaturated/α-hetero) is 1. The number of ketones is 1. The average Bonchev–Trinajstić information content (AvgIpc) is 2.41. The van der Waals surface area contributed by atoms with Crippen LogP contribution in [-0.4, -0.2) is 49.7 Å². The third kappa shape index (κ3) is 11.5. The number of hydrogen-bond acceptors (Lipinski definition) is 5. The number of carbonyl (C=O) groups excluding carboxylic acids is 2. The van der Waals surface area contributed by atoms with Gasteiger partial charge in [0.05, 0.1) is 0 Å². The van der Waals surface area contributed by atoms with E-state index in [-0.39, 0.29) is 17.8 Å². The van der Waals surface area contributed by atoms with E-state index in [1.807, 2.05) is 41.5 Å². The van der Waals surface area contributed by atoms with Crippen LogP contribution in [0.2, 0.25) is 0 Å². The van der Waals surface area contributed by atoms with Gasteiger partial charge in [0.15, 0.2) is 0 Å². The zero-order valence-electron chi connectivity index (χ0n) is 14.9. The van der Waals surface area contributed by atoms with Gasteiger partial charge in [-0.1, -0.05) is 41.5 Å². The maximum atomic E-state index is 11.8. The summed E-state index contributed by atoms with van der Waals surface area (Å²) in [4.78, 5) is 23.3. The molecule has 3 N–H and O–H groups in total. The summed E-state index contributed by atoms with van der Waals surface area (Å²) in [5.41, 5.74) is 0. The monoisotopic (exact) mass is 315 g/mol. The van der Waals surface area contributed by atoms with Gasteiger partial charge in [0, 0.05) is 44.1 Å². The Morgan fingerprint density at radius 2 is 1.41 bits per heavy atom. The second kappa shape index (κ2) is 11.4. The third-order valence-corrected chi connectivity index (χ3v) is 3.07. The van der Waals surface area contributed by atoms with E-state index < -0.39 is 6.09 Å². The molecule has 0 saturated heterocycles. The largest absolute Gasteiger partial charge is 0.444 e. The highest BCUT2D eigenvalue weighted by atomic mass is 16.6. The molecule has 6 nitrogen and oxygen atoms in total. The molecule has 0 aliphatic rings. The molecule has 22 heavy (non-hydrogen) atoms. The van der Waals surface area contributed by atoms with Crippen LogP contribution in [0.4, 0.5) is 4.79 Å². The topological polar surface area (TPSA) is 79.5 Å². The molecule has 6 heteroatoms. The number of nitrogens with one attached hydrogen (secondary N) is 3. The summed E-state index contributed by atoms with van der Waals surface area (Å²) in [6.45, 7) is 13.4. The van der Waals surface area contributed by atoms with Crippen LogP contribution in [0.3, 0.4) is 0 Å². The van der Waals surface area contributed by atoms with Gasteiger partial charge in [0.25, 0.3) is 0 Å². The predicted octanol–water partition coefficient (Wildman–Crippen LogP) is 1.69. The first-order valence-corrected chi connectivity index (χ1v) is 8.16. The molecule has 0 aliphatic carbocycles. The van der Waals surface area contributed by atoms with Gasteiger partial charge in [-0.2, -0.15) is 0 Å². The molecular formula is C16H33N3O3. The van der Waals surface area contributed by atoms with Crippen LogP contribution in [0.1, 0.15) is 48.0 Å². The standard InChI is InChI=1S/C16H33N3O3/c1-11(2)15(20)7-8-17-16(21)22-14(9-18-12(3)4)10-19-13(5)6/h11-14,18-19H,7-10H2,1-6H3,(H,17,21). The van der Waals surface area contributed by atoms with Gasteiger partial charge in [-0.25, -0.2) is 4.79 Å². The van der Waals surface area contributed by atoms with Crippen LogP contribution in [-0.2, 0) is 9.53 Å². The molecule has 0 atom stereocenters. The quantitative estimate of drug-likeness (QED) is 0.541. The highest BCUT2D eigenvalue weighted by Gasteiger charge is 2.15. The Labute approximate surface area is 134 Å². The van der Waals surface area contributed by atoms with Crippen molar-refractivity contribution in [2.24, 2.45) is 5.92 Å². The Morgan fingerprint density at radius 1 is 0.909 bits per heavy atom. The summed E-state index contributed by atoms with van der Waals surface area (Å²) in [7, 11) is 0. The molecule has 0 aliphatic heterocycles. The fourth-order valence-electron chi connectivity index (χ4n) is 1.66. The summed E-state index contributed by atoms with van der Waals surface area (Å²) in [6, 6.07) is 0.661. The lowest BCUT2D eigenvalue weighted by Crippen LogP contribution is -2.44. The van der Waals surface area contributed by atoms with Crippen molar-refractivity contribution in [1.29, 1.82) is 0 Å². The van der Waals surface area contributed by atoms with E-state index in [0.29, 0.717) is 38.1 Å². The van der Waals surface area contributed by atoms with E-state index in [1.165, 1.54) is 0 Å². The lowest BCUT2D eigenvalue weighted by Gasteiger charge is -2.21. The zero-order chi connectivity index (χ0) is 17.1. The SMILES string of the molecule is CC(C)NCC(CNC(C)C)OC(=O)NCCC(=O)C(C)C. The van der Waals surface area contributed by atoms with E-state index >= 15 is 0 Å². The predicted molar refractivity (Wildman–Crippen MR) is 89.0 cm³/mol. The number of amides is 1. The van der Waals surface area contributed by atoms with Crippen LogP contribution in [0.15, 0.2) is 0 Å². The number of ether oxygens (including phenoxy) is 1. The molecule has 0 rings (SSSR count). The van der Waals surface area contributed by atoms with Gasteiger partial charge in [0.1, 0.15) is 11.9 Å². The Balaban J connectivity index is 4.15. The molecule has 0 aromatic carbocycles. The molecule has 0 unspecified atom stereocenters. The van der Waals surface area contributed by atoms with E-state index in [4.69, 9.17) is 4.74 Å². The van der Waals surface area contributed by atoms with Crippen molar-refractivity contribution in [3.8, 4) is 0 Å².